The SMILES string of the molecule is C/C(=N\NC(=O)c1ccc(Cl)cc1O)[C@H]1C[C@H]2CC[C@@H]1C2. The maximum Gasteiger partial charge on any atom is 0.275 e. The summed E-state index contributed by atoms with van der Waals surface area (Å²) in [4.78, 5) is 12.0. The molecule has 0 unspecified atom stereocenters. The van der Waals surface area contributed by atoms with E-state index in [1.54, 1.807) is 6.07 Å². The van der Waals surface area contributed by atoms with Crippen LogP contribution in [0.5, 0.6) is 5.75 Å². The number of nitrogens with zero attached hydrogens (tertiary/aromatic N) is 1. The van der Waals surface area contributed by atoms with E-state index in [1.807, 2.05) is 6.92 Å². The average Bonchev–Trinajstić information content (AvgIpc) is 3.07. The molecule has 2 aliphatic rings. The van der Waals surface area contributed by atoms with Crippen molar-refractivity contribution >= 4 is 23.2 Å². The maximum atomic E-state index is 12.0. The van der Waals surface area contributed by atoms with Crippen molar-refractivity contribution in [1.29, 1.82) is 0 Å². The molecule has 0 aromatic heterocycles. The molecule has 2 aliphatic carbocycles. The van der Waals surface area contributed by atoms with Crippen molar-refractivity contribution in [3.8, 4) is 5.75 Å². The van der Waals surface area contributed by atoms with E-state index < -0.39 is 5.91 Å². The Morgan fingerprint density at radius 2 is 2.19 bits per heavy atom. The summed E-state index contributed by atoms with van der Waals surface area (Å²) in [6.07, 6.45) is 5.14. The molecule has 1 aromatic carbocycles. The van der Waals surface area contributed by atoms with E-state index in [-0.39, 0.29) is 11.3 Å². The Balaban J connectivity index is 1.66. The number of carbonyl (C=O) groups excluding carboxylic acids is 1. The quantitative estimate of drug-likeness (QED) is 0.662. The highest BCUT2D eigenvalue weighted by molar-refractivity contribution is 6.30. The molecule has 0 spiro atoms. The minimum Gasteiger partial charge on any atom is -0.507 e. The summed E-state index contributed by atoms with van der Waals surface area (Å²) in [6.45, 7) is 1.98. The Morgan fingerprint density at radius 3 is 2.81 bits per heavy atom. The van der Waals surface area contributed by atoms with E-state index in [9.17, 15) is 9.90 Å². The molecule has 3 rings (SSSR count). The van der Waals surface area contributed by atoms with Crippen molar-refractivity contribution in [3.63, 3.8) is 0 Å². The molecular formula is C16H19ClN2O2. The lowest BCUT2D eigenvalue weighted by Gasteiger charge is -2.21. The lowest BCUT2D eigenvalue weighted by Crippen LogP contribution is -2.24. The van der Waals surface area contributed by atoms with Gasteiger partial charge in [-0.15, -0.1) is 0 Å². The third-order valence-electron chi connectivity index (χ3n) is 4.81. The zero-order chi connectivity index (χ0) is 15.0. The fourth-order valence-electron chi connectivity index (χ4n) is 3.74. The number of benzene rings is 1. The molecular weight excluding hydrogens is 288 g/mol. The molecule has 2 bridgehead atoms. The molecule has 0 heterocycles. The predicted molar refractivity (Wildman–Crippen MR) is 82.6 cm³/mol. The molecule has 0 saturated heterocycles. The van der Waals surface area contributed by atoms with Crippen LogP contribution >= 0.6 is 11.6 Å². The molecule has 0 aliphatic heterocycles. The number of hydrogen-bond acceptors (Lipinski definition) is 3. The molecule has 2 N–H and O–H groups in total. The van der Waals surface area contributed by atoms with Crippen molar-refractivity contribution in [1.82, 2.24) is 5.43 Å². The molecule has 112 valence electrons. The standard InChI is InChI=1S/C16H19ClN2O2/c1-9(14-7-10-2-3-11(14)6-10)18-19-16(21)13-5-4-12(17)8-15(13)20/h4-5,8,10-11,14,20H,2-3,6-7H2,1H3,(H,19,21)/b18-9+/t10-,11+,14+/m0/s1. The number of phenols is 1. The summed E-state index contributed by atoms with van der Waals surface area (Å²) in [5, 5.41) is 14.4. The second-order valence-corrected chi connectivity index (χ2v) is 6.57. The summed E-state index contributed by atoms with van der Waals surface area (Å²) >= 11 is 5.75. The van der Waals surface area contributed by atoms with Crippen LogP contribution in [0.2, 0.25) is 5.02 Å². The van der Waals surface area contributed by atoms with Gasteiger partial charge in [-0.1, -0.05) is 18.0 Å². The largest absolute Gasteiger partial charge is 0.507 e. The zero-order valence-corrected chi connectivity index (χ0v) is 12.7. The first-order valence-corrected chi connectivity index (χ1v) is 7.75. The van der Waals surface area contributed by atoms with Crippen molar-refractivity contribution in [2.45, 2.75) is 32.6 Å². The molecule has 21 heavy (non-hydrogen) atoms. The number of amides is 1. The van der Waals surface area contributed by atoms with Gasteiger partial charge in [-0.25, -0.2) is 5.43 Å². The van der Waals surface area contributed by atoms with Crippen molar-refractivity contribution in [2.75, 3.05) is 0 Å². The van der Waals surface area contributed by atoms with Crippen molar-refractivity contribution in [2.24, 2.45) is 22.9 Å². The molecule has 2 fully saturated rings. The summed E-state index contributed by atoms with van der Waals surface area (Å²) < 4.78 is 0. The molecule has 1 amide bonds. The van der Waals surface area contributed by atoms with Gasteiger partial charge in [-0.2, -0.15) is 5.10 Å². The van der Waals surface area contributed by atoms with E-state index in [1.165, 1.54) is 37.8 Å². The summed E-state index contributed by atoms with van der Waals surface area (Å²) in [7, 11) is 0. The van der Waals surface area contributed by atoms with Crippen LogP contribution in [-0.2, 0) is 0 Å². The zero-order valence-electron chi connectivity index (χ0n) is 12.0. The number of phenolic OH excluding ortho intramolecular Hbond substituents is 1. The average molecular weight is 307 g/mol. The van der Waals surface area contributed by atoms with Gasteiger partial charge in [0.05, 0.1) is 5.56 Å². The number of halogens is 1. The second kappa shape index (κ2) is 5.68. The van der Waals surface area contributed by atoms with Crippen LogP contribution in [0.4, 0.5) is 0 Å². The van der Waals surface area contributed by atoms with Gasteiger partial charge in [-0.05, 0) is 56.2 Å². The van der Waals surface area contributed by atoms with E-state index >= 15 is 0 Å². The minimum atomic E-state index is -0.410. The molecule has 2 saturated carbocycles. The number of hydrogen-bond donors (Lipinski definition) is 2. The molecule has 0 radical (unpaired) electrons. The number of rotatable bonds is 3. The van der Waals surface area contributed by atoms with E-state index in [2.05, 4.69) is 10.5 Å². The van der Waals surface area contributed by atoms with Gasteiger partial charge in [0.25, 0.3) is 5.91 Å². The van der Waals surface area contributed by atoms with Gasteiger partial charge in [-0.3, -0.25) is 4.79 Å². The first-order valence-electron chi connectivity index (χ1n) is 7.37. The van der Waals surface area contributed by atoms with Gasteiger partial charge in [0.2, 0.25) is 0 Å². The monoisotopic (exact) mass is 306 g/mol. The molecule has 5 heteroatoms. The van der Waals surface area contributed by atoms with Crippen LogP contribution < -0.4 is 5.43 Å². The molecule has 3 atom stereocenters. The van der Waals surface area contributed by atoms with Gasteiger partial charge < -0.3 is 5.11 Å². The molecule has 4 nitrogen and oxygen atoms in total. The van der Waals surface area contributed by atoms with Crippen LogP contribution in [-0.4, -0.2) is 16.7 Å². The summed E-state index contributed by atoms with van der Waals surface area (Å²) in [6, 6.07) is 4.42. The number of nitrogens with one attached hydrogen (secondary N) is 1. The number of aromatic hydroxyl groups is 1. The Hall–Kier alpha value is -1.55. The minimum absolute atomic E-state index is 0.132. The lowest BCUT2D eigenvalue weighted by atomic mass is 9.86. The Labute approximate surface area is 129 Å². The van der Waals surface area contributed by atoms with E-state index in [0.29, 0.717) is 10.9 Å². The second-order valence-electron chi connectivity index (χ2n) is 6.14. The van der Waals surface area contributed by atoms with E-state index in [0.717, 1.165) is 17.5 Å². The number of fused-ring (bicyclic) bond motifs is 2. The van der Waals surface area contributed by atoms with Crippen LogP contribution in [0, 0.1) is 17.8 Å². The molecule has 1 aromatic rings. The highest BCUT2D eigenvalue weighted by Crippen LogP contribution is 2.48. The third kappa shape index (κ3) is 2.91. The summed E-state index contributed by atoms with van der Waals surface area (Å²) in [5.74, 6) is 1.54. The van der Waals surface area contributed by atoms with Gasteiger partial charge >= 0.3 is 0 Å². The van der Waals surface area contributed by atoms with E-state index in [4.69, 9.17) is 11.6 Å². The highest BCUT2D eigenvalue weighted by atomic mass is 35.5. The smallest absolute Gasteiger partial charge is 0.275 e. The topological polar surface area (TPSA) is 61.7 Å². The fraction of sp³-hybridized carbons (Fsp3) is 0.500. The first-order chi connectivity index (χ1) is 10.0. The summed E-state index contributed by atoms with van der Waals surface area (Å²) in [5.41, 5.74) is 3.72. The van der Waals surface area contributed by atoms with Gasteiger partial charge in [0, 0.05) is 16.7 Å². The number of hydrazone groups is 1. The Morgan fingerprint density at radius 1 is 1.38 bits per heavy atom. The predicted octanol–water partition coefficient (Wildman–Crippen LogP) is 3.59. The van der Waals surface area contributed by atoms with Crippen LogP contribution in [0.1, 0.15) is 43.0 Å². The maximum absolute atomic E-state index is 12.0. The van der Waals surface area contributed by atoms with Crippen molar-refractivity contribution < 1.29 is 9.90 Å². The van der Waals surface area contributed by atoms with Crippen molar-refractivity contribution in [3.05, 3.63) is 28.8 Å². The first kappa shape index (κ1) is 14.4. The number of carbonyl (C=O) groups is 1. The third-order valence-corrected chi connectivity index (χ3v) is 5.05. The Bertz CT molecular complexity index is 600. The normalized spacial score (nSPS) is 27.9. The van der Waals surface area contributed by atoms with Gasteiger partial charge in [0.15, 0.2) is 0 Å². The van der Waals surface area contributed by atoms with Crippen LogP contribution in [0.15, 0.2) is 23.3 Å². The fourth-order valence-corrected chi connectivity index (χ4v) is 3.90. The lowest BCUT2D eigenvalue weighted by molar-refractivity contribution is 0.0952. The van der Waals surface area contributed by atoms with Gasteiger partial charge in [0.1, 0.15) is 5.75 Å². The highest BCUT2D eigenvalue weighted by Gasteiger charge is 2.40. The van der Waals surface area contributed by atoms with Crippen LogP contribution in [0.3, 0.4) is 0 Å². The van der Waals surface area contributed by atoms with Crippen LogP contribution in [0.25, 0.3) is 0 Å². The Kier molecular flexibility index (Phi) is 3.89.